The molecule has 0 spiro atoms. The summed E-state index contributed by atoms with van der Waals surface area (Å²) in [5, 5.41) is 9.78. The molecule has 1 aromatic carbocycles. The summed E-state index contributed by atoms with van der Waals surface area (Å²) in [4.78, 5) is 12.1. The van der Waals surface area contributed by atoms with Gasteiger partial charge in [-0.05, 0) is 31.0 Å². The molecule has 1 fully saturated rings. The molecule has 7 heteroatoms. The summed E-state index contributed by atoms with van der Waals surface area (Å²) in [5.41, 5.74) is 0.0647. The van der Waals surface area contributed by atoms with Crippen LogP contribution in [-0.2, 0) is 10.0 Å². The minimum Gasteiger partial charge on any atom is -0.478 e. The Labute approximate surface area is 129 Å². The molecule has 0 bridgehead atoms. The highest BCUT2D eigenvalue weighted by Crippen LogP contribution is 2.37. The van der Waals surface area contributed by atoms with Crippen molar-refractivity contribution in [2.24, 2.45) is 0 Å². The molecule has 5 nitrogen and oxygen atoms in total. The predicted molar refractivity (Wildman–Crippen MR) is 82.4 cm³/mol. The third kappa shape index (κ3) is 3.59. The van der Waals surface area contributed by atoms with Crippen LogP contribution >= 0.6 is 11.8 Å². The van der Waals surface area contributed by atoms with Crippen molar-refractivity contribution in [3.63, 3.8) is 0 Å². The molecule has 0 atom stereocenters. The number of sulfonamides is 1. The van der Waals surface area contributed by atoms with E-state index in [1.54, 1.807) is 17.8 Å². The minimum atomic E-state index is -3.62. The smallest absolute Gasteiger partial charge is 0.336 e. The number of thioether (sulfide) groups is 1. The van der Waals surface area contributed by atoms with E-state index < -0.39 is 16.0 Å². The van der Waals surface area contributed by atoms with Gasteiger partial charge in [0.05, 0.1) is 10.5 Å². The summed E-state index contributed by atoms with van der Waals surface area (Å²) in [6, 6.07) is 4.36. The van der Waals surface area contributed by atoms with Gasteiger partial charge in [0.1, 0.15) is 0 Å². The highest BCUT2D eigenvalue weighted by molar-refractivity contribution is 8.00. The van der Waals surface area contributed by atoms with Crippen LogP contribution in [0.15, 0.2) is 28.0 Å². The van der Waals surface area contributed by atoms with Gasteiger partial charge in [-0.3, -0.25) is 0 Å². The number of carbonyl (C=O) groups is 1. The average molecular weight is 329 g/mol. The van der Waals surface area contributed by atoms with Crippen LogP contribution in [0.4, 0.5) is 0 Å². The van der Waals surface area contributed by atoms with Gasteiger partial charge < -0.3 is 5.11 Å². The SMILES string of the molecule is CN(C)S(=O)(=O)c1ccc(SC2CCCC2)c(C(=O)O)c1. The van der Waals surface area contributed by atoms with E-state index in [4.69, 9.17) is 0 Å². The molecule has 1 saturated carbocycles. The van der Waals surface area contributed by atoms with Gasteiger partial charge in [-0.15, -0.1) is 11.8 Å². The first-order valence-electron chi connectivity index (χ1n) is 6.79. The summed E-state index contributed by atoms with van der Waals surface area (Å²) < 4.78 is 25.3. The number of carboxylic acid groups (broad SMARTS) is 1. The maximum atomic E-state index is 12.1. The molecule has 0 aliphatic heterocycles. The Hall–Kier alpha value is -1.05. The van der Waals surface area contributed by atoms with Crippen LogP contribution in [0, 0.1) is 0 Å². The fourth-order valence-corrected chi connectivity index (χ4v) is 4.61. The molecule has 0 amide bonds. The molecular formula is C14H19NO4S2. The zero-order valence-corrected chi connectivity index (χ0v) is 13.7. The Morgan fingerprint density at radius 3 is 2.43 bits per heavy atom. The summed E-state index contributed by atoms with van der Waals surface area (Å²) in [5.74, 6) is -1.09. The zero-order chi connectivity index (χ0) is 15.6. The van der Waals surface area contributed by atoms with Crippen molar-refractivity contribution in [3.8, 4) is 0 Å². The first-order valence-corrected chi connectivity index (χ1v) is 9.11. The second kappa shape index (κ2) is 6.37. The number of carboxylic acids is 1. The molecule has 1 aliphatic carbocycles. The van der Waals surface area contributed by atoms with Crippen LogP contribution in [0.5, 0.6) is 0 Å². The predicted octanol–water partition coefficient (Wildman–Crippen LogP) is 2.67. The quantitative estimate of drug-likeness (QED) is 0.899. The first kappa shape index (κ1) is 16.3. The van der Waals surface area contributed by atoms with Gasteiger partial charge >= 0.3 is 5.97 Å². The van der Waals surface area contributed by atoms with E-state index in [0.29, 0.717) is 10.1 Å². The Morgan fingerprint density at radius 1 is 1.29 bits per heavy atom. The van der Waals surface area contributed by atoms with Gasteiger partial charge in [-0.1, -0.05) is 12.8 Å². The lowest BCUT2D eigenvalue weighted by Crippen LogP contribution is -2.22. The van der Waals surface area contributed by atoms with E-state index in [-0.39, 0.29) is 10.5 Å². The van der Waals surface area contributed by atoms with Crippen molar-refractivity contribution < 1.29 is 18.3 Å². The number of nitrogens with zero attached hydrogens (tertiary/aromatic N) is 1. The van der Waals surface area contributed by atoms with E-state index in [2.05, 4.69) is 0 Å². The van der Waals surface area contributed by atoms with E-state index in [9.17, 15) is 18.3 Å². The normalized spacial score (nSPS) is 16.5. The molecular weight excluding hydrogens is 310 g/mol. The van der Waals surface area contributed by atoms with Gasteiger partial charge in [-0.25, -0.2) is 17.5 Å². The third-order valence-electron chi connectivity index (χ3n) is 3.56. The van der Waals surface area contributed by atoms with E-state index in [1.165, 1.54) is 39.1 Å². The number of aromatic carboxylic acids is 1. The largest absolute Gasteiger partial charge is 0.478 e. The minimum absolute atomic E-state index is 0.0145. The summed E-state index contributed by atoms with van der Waals surface area (Å²) in [6.07, 6.45) is 4.52. The van der Waals surface area contributed by atoms with Crippen LogP contribution < -0.4 is 0 Å². The number of rotatable bonds is 5. The van der Waals surface area contributed by atoms with Gasteiger partial charge in [0.2, 0.25) is 10.0 Å². The van der Waals surface area contributed by atoms with Crippen molar-refractivity contribution in [2.45, 2.75) is 40.7 Å². The van der Waals surface area contributed by atoms with E-state index in [1.807, 2.05) is 0 Å². The molecule has 0 unspecified atom stereocenters. The second-order valence-electron chi connectivity index (χ2n) is 5.27. The van der Waals surface area contributed by atoms with Crippen molar-refractivity contribution in [2.75, 3.05) is 14.1 Å². The second-order valence-corrected chi connectivity index (χ2v) is 8.77. The highest BCUT2D eigenvalue weighted by Gasteiger charge is 2.23. The maximum absolute atomic E-state index is 12.1. The fourth-order valence-electron chi connectivity index (χ4n) is 2.34. The molecule has 0 radical (unpaired) electrons. The Bertz CT molecular complexity index is 634. The number of hydrogen-bond acceptors (Lipinski definition) is 4. The first-order chi connectivity index (χ1) is 9.82. The van der Waals surface area contributed by atoms with Gasteiger partial charge in [0.25, 0.3) is 0 Å². The van der Waals surface area contributed by atoms with Crippen molar-refractivity contribution >= 4 is 27.8 Å². The molecule has 0 aromatic heterocycles. The molecule has 0 heterocycles. The summed E-state index contributed by atoms with van der Waals surface area (Å²) in [6.45, 7) is 0. The van der Waals surface area contributed by atoms with Gasteiger partial charge in [-0.2, -0.15) is 0 Å². The van der Waals surface area contributed by atoms with Crippen molar-refractivity contribution in [1.29, 1.82) is 0 Å². The van der Waals surface area contributed by atoms with E-state index in [0.717, 1.165) is 17.1 Å². The molecule has 0 saturated heterocycles. The highest BCUT2D eigenvalue weighted by atomic mass is 32.2. The lowest BCUT2D eigenvalue weighted by atomic mass is 10.2. The van der Waals surface area contributed by atoms with Crippen LogP contribution in [0.3, 0.4) is 0 Å². The zero-order valence-electron chi connectivity index (χ0n) is 12.1. The lowest BCUT2D eigenvalue weighted by Gasteiger charge is -2.15. The van der Waals surface area contributed by atoms with Crippen molar-refractivity contribution in [3.05, 3.63) is 23.8 Å². The Kier molecular flexibility index (Phi) is 4.95. The standard InChI is InChI=1S/C14H19NO4S2/c1-15(2)21(18,19)11-7-8-13(12(9-11)14(16)17)20-10-5-3-4-6-10/h7-10H,3-6H2,1-2H3,(H,16,17). The summed E-state index contributed by atoms with van der Waals surface area (Å²) >= 11 is 1.54. The summed E-state index contributed by atoms with van der Waals surface area (Å²) in [7, 11) is -0.761. The molecule has 1 N–H and O–H groups in total. The molecule has 21 heavy (non-hydrogen) atoms. The molecule has 116 valence electrons. The van der Waals surface area contributed by atoms with Gasteiger partial charge in [0, 0.05) is 24.2 Å². The van der Waals surface area contributed by atoms with Crippen LogP contribution in [-0.4, -0.2) is 43.1 Å². The molecule has 1 aliphatic rings. The van der Waals surface area contributed by atoms with Crippen LogP contribution in [0.1, 0.15) is 36.0 Å². The maximum Gasteiger partial charge on any atom is 0.336 e. The molecule has 2 rings (SSSR count). The Balaban J connectivity index is 2.37. The fraction of sp³-hybridized carbons (Fsp3) is 0.500. The van der Waals surface area contributed by atoms with E-state index >= 15 is 0 Å². The monoisotopic (exact) mass is 329 g/mol. The topological polar surface area (TPSA) is 74.7 Å². The number of hydrogen-bond donors (Lipinski definition) is 1. The van der Waals surface area contributed by atoms with Crippen molar-refractivity contribution in [1.82, 2.24) is 4.31 Å². The van der Waals surface area contributed by atoms with Gasteiger partial charge in [0.15, 0.2) is 0 Å². The average Bonchev–Trinajstić information content (AvgIpc) is 2.91. The van der Waals surface area contributed by atoms with Crippen LogP contribution in [0.25, 0.3) is 0 Å². The number of benzene rings is 1. The Morgan fingerprint density at radius 2 is 1.90 bits per heavy atom. The molecule has 1 aromatic rings. The van der Waals surface area contributed by atoms with Crippen LogP contribution in [0.2, 0.25) is 0 Å². The lowest BCUT2D eigenvalue weighted by molar-refractivity contribution is 0.0693. The third-order valence-corrected chi connectivity index (χ3v) is 6.78.